The lowest BCUT2D eigenvalue weighted by molar-refractivity contribution is -0.121. The normalized spacial score (nSPS) is 16.7. The molecule has 1 saturated heterocycles. The molecule has 2 heterocycles. The average molecular weight is 510 g/mol. The van der Waals surface area contributed by atoms with Crippen molar-refractivity contribution in [3.05, 3.63) is 35.4 Å². The topological polar surface area (TPSA) is 123 Å². The minimum Gasteiger partial charge on any atom is -0.493 e. The minimum absolute atomic E-state index is 0.0159. The third kappa shape index (κ3) is 4.77. The van der Waals surface area contributed by atoms with Gasteiger partial charge in [-0.2, -0.15) is 4.31 Å². The summed E-state index contributed by atoms with van der Waals surface area (Å²) in [5.74, 6) is 0.399. The van der Waals surface area contributed by atoms with Gasteiger partial charge in [0.1, 0.15) is 10.6 Å². The van der Waals surface area contributed by atoms with Gasteiger partial charge in [-0.3, -0.25) is 9.59 Å². The maximum Gasteiger partial charge on any atom is 0.262 e. The number of amides is 2. The summed E-state index contributed by atoms with van der Waals surface area (Å²) in [7, 11) is -0.879. The predicted molar refractivity (Wildman–Crippen MR) is 125 cm³/mol. The molecular formula is C22H24ClN3O7S. The summed E-state index contributed by atoms with van der Waals surface area (Å²) < 4.78 is 43.6. The highest BCUT2D eigenvalue weighted by Gasteiger charge is 2.34. The van der Waals surface area contributed by atoms with Crippen LogP contribution in [-0.2, 0) is 19.6 Å². The fourth-order valence-electron chi connectivity index (χ4n) is 3.93. The molecule has 182 valence electrons. The van der Waals surface area contributed by atoms with E-state index in [1.165, 1.54) is 30.7 Å². The van der Waals surface area contributed by atoms with Crippen LogP contribution in [0, 0.1) is 5.92 Å². The quantitative estimate of drug-likeness (QED) is 0.613. The highest BCUT2D eigenvalue weighted by atomic mass is 35.5. The summed E-state index contributed by atoms with van der Waals surface area (Å²) in [6.45, 7) is 0.128. The van der Waals surface area contributed by atoms with Gasteiger partial charge in [0, 0.05) is 36.8 Å². The Hall–Kier alpha value is -3.02. The van der Waals surface area contributed by atoms with Crippen LogP contribution in [0.2, 0.25) is 5.02 Å². The molecule has 0 aliphatic carbocycles. The Labute approximate surface area is 202 Å². The van der Waals surface area contributed by atoms with Gasteiger partial charge >= 0.3 is 0 Å². The van der Waals surface area contributed by atoms with Gasteiger partial charge in [0.15, 0.2) is 18.1 Å². The van der Waals surface area contributed by atoms with E-state index in [1.807, 2.05) is 0 Å². The molecule has 2 aliphatic heterocycles. The highest BCUT2D eigenvalue weighted by molar-refractivity contribution is 7.89. The summed E-state index contributed by atoms with van der Waals surface area (Å²) in [6, 6.07) is 7.76. The van der Waals surface area contributed by atoms with Gasteiger partial charge in [0.05, 0.1) is 24.9 Å². The fourth-order valence-corrected chi connectivity index (χ4v) is 5.92. The maximum atomic E-state index is 13.2. The van der Waals surface area contributed by atoms with Crippen LogP contribution in [-0.4, -0.2) is 58.5 Å². The van der Waals surface area contributed by atoms with E-state index in [-0.39, 0.29) is 53.1 Å². The number of nitrogens with zero attached hydrogens (tertiary/aromatic N) is 1. The lowest BCUT2D eigenvalue weighted by Gasteiger charge is -2.31. The van der Waals surface area contributed by atoms with Crippen molar-refractivity contribution in [2.45, 2.75) is 17.7 Å². The Morgan fingerprint density at radius 2 is 1.85 bits per heavy atom. The zero-order chi connectivity index (χ0) is 24.5. The number of methoxy groups -OCH3 is 2. The zero-order valence-corrected chi connectivity index (χ0v) is 20.2. The lowest BCUT2D eigenvalue weighted by atomic mass is 9.97. The van der Waals surface area contributed by atoms with Gasteiger partial charge < -0.3 is 24.8 Å². The van der Waals surface area contributed by atoms with E-state index in [4.69, 9.17) is 25.8 Å². The van der Waals surface area contributed by atoms with E-state index in [1.54, 1.807) is 18.2 Å². The first-order chi connectivity index (χ1) is 16.2. The zero-order valence-electron chi connectivity index (χ0n) is 18.6. The number of benzene rings is 2. The van der Waals surface area contributed by atoms with Gasteiger partial charge in [-0.05, 0) is 31.0 Å². The first-order valence-corrected chi connectivity index (χ1v) is 12.3. The van der Waals surface area contributed by atoms with Crippen molar-refractivity contribution >= 4 is 44.8 Å². The first kappa shape index (κ1) is 24.1. The molecule has 2 aromatic carbocycles. The van der Waals surface area contributed by atoms with Gasteiger partial charge in [-0.1, -0.05) is 11.6 Å². The molecule has 12 heteroatoms. The number of carbonyl (C=O) groups excluding carboxylic acids is 2. The second kappa shape index (κ2) is 9.69. The minimum atomic E-state index is -3.92. The van der Waals surface area contributed by atoms with Gasteiger partial charge in [0.2, 0.25) is 15.9 Å². The van der Waals surface area contributed by atoms with Crippen molar-refractivity contribution < 1.29 is 32.2 Å². The molecule has 2 amide bonds. The molecule has 0 atom stereocenters. The van der Waals surface area contributed by atoms with E-state index < -0.39 is 10.0 Å². The molecule has 0 bridgehead atoms. The van der Waals surface area contributed by atoms with Crippen LogP contribution < -0.4 is 24.8 Å². The predicted octanol–water partition coefficient (Wildman–Crippen LogP) is 2.73. The SMILES string of the molecule is COc1ccc(NC(=O)C2CCN(S(=O)(=O)c3cc4c(cc3Cl)NC(=O)CO4)CC2)cc1OC. The maximum absolute atomic E-state index is 13.2. The second-order valence-electron chi connectivity index (χ2n) is 7.85. The van der Waals surface area contributed by atoms with E-state index in [0.717, 1.165) is 0 Å². The summed E-state index contributed by atoms with van der Waals surface area (Å²) in [5, 5.41) is 5.43. The molecule has 0 aromatic heterocycles. The highest BCUT2D eigenvalue weighted by Crippen LogP contribution is 2.38. The van der Waals surface area contributed by atoms with Crippen molar-refractivity contribution in [3.63, 3.8) is 0 Å². The van der Waals surface area contributed by atoms with Crippen LogP contribution in [0.1, 0.15) is 12.8 Å². The third-order valence-corrected chi connectivity index (χ3v) is 8.12. The molecule has 0 radical (unpaired) electrons. The Morgan fingerprint density at radius 1 is 1.15 bits per heavy atom. The average Bonchev–Trinajstić information content (AvgIpc) is 2.83. The van der Waals surface area contributed by atoms with E-state index >= 15 is 0 Å². The molecule has 1 fully saturated rings. The van der Waals surface area contributed by atoms with E-state index in [2.05, 4.69) is 10.6 Å². The van der Waals surface area contributed by atoms with Crippen LogP contribution in [0.3, 0.4) is 0 Å². The van der Waals surface area contributed by atoms with E-state index in [9.17, 15) is 18.0 Å². The van der Waals surface area contributed by atoms with Crippen molar-refractivity contribution in [2.24, 2.45) is 5.92 Å². The number of sulfonamides is 1. The molecule has 34 heavy (non-hydrogen) atoms. The number of anilines is 2. The van der Waals surface area contributed by atoms with Crippen LogP contribution in [0.5, 0.6) is 17.2 Å². The number of hydrogen-bond acceptors (Lipinski definition) is 7. The molecule has 2 N–H and O–H groups in total. The Balaban J connectivity index is 1.42. The van der Waals surface area contributed by atoms with Gasteiger partial charge in [0.25, 0.3) is 5.91 Å². The van der Waals surface area contributed by atoms with Crippen LogP contribution >= 0.6 is 11.6 Å². The fraction of sp³-hybridized carbons (Fsp3) is 0.364. The van der Waals surface area contributed by atoms with Crippen molar-refractivity contribution in [2.75, 3.05) is 44.5 Å². The number of piperidine rings is 1. The van der Waals surface area contributed by atoms with Gasteiger partial charge in [-0.15, -0.1) is 0 Å². The number of fused-ring (bicyclic) bond motifs is 1. The summed E-state index contributed by atoms with van der Waals surface area (Å²) in [4.78, 5) is 24.1. The first-order valence-electron chi connectivity index (χ1n) is 10.5. The van der Waals surface area contributed by atoms with Crippen molar-refractivity contribution in [1.29, 1.82) is 0 Å². The molecule has 4 rings (SSSR count). The summed E-state index contributed by atoms with van der Waals surface area (Å²) in [5.41, 5.74) is 0.886. The van der Waals surface area contributed by atoms with Crippen LogP contribution in [0.25, 0.3) is 0 Å². The number of carbonyl (C=O) groups is 2. The third-order valence-electron chi connectivity index (χ3n) is 5.76. The molecule has 0 spiro atoms. The van der Waals surface area contributed by atoms with Gasteiger partial charge in [-0.25, -0.2) is 8.42 Å². The van der Waals surface area contributed by atoms with Crippen molar-refractivity contribution in [3.8, 4) is 17.2 Å². The van der Waals surface area contributed by atoms with Crippen LogP contribution in [0.4, 0.5) is 11.4 Å². The number of ether oxygens (including phenoxy) is 3. The Bertz CT molecular complexity index is 1230. The number of rotatable bonds is 6. The molecule has 2 aliphatic rings. The Kier molecular flexibility index (Phi) is 6.87. The number of nitrogens with one attached hydrogen (secondary N) is 2. The number of halogens is 1. The molecule has 0 saturated carbocycles. The van der Waals surface area contributed by atoms with Crippen LogP contribution in [0.15, 0.2) is 35.2 Å². The molecular weight excluding hydrogens is 486 g/mol. The number of hydrogen-bond donors (Lipinski definition) is 2. The standard InChI is InChI=1S/C22H24ClN3O7S/c1-31-17-4-3-14(9-19(17)32-2)24-22(28)13-5-7-26(8-6-13)34(29,30)20-11-18-16(10-15(20)23)25-21(27)12-33-18/h3-4,9-11,13H,5-8,12H2,1-2H3,(H,24,28)(H,25,27). The molecule has 10 nitrogen and oxygen atoms in total. The second-order valence-corrected chi connectivity index (χ2v) is 10.2. The molecule has 0 unspecified atom stereocenters. The van der Waals surface area contributed by atoms with E-state index in [0.29, 0.717) is 35.7 Å². The molecule has 2 aromatic rings. The smallest absolute Gasteiger partial charge is 0.262 e. The Morgan fingerprint density at radius 3 is 2.53 bits per heavy atom. The summed E-state index contributed by atoms with van der Waals surface area (Å²) >= 11 is 6.23. The largest absolute Gasteiger partial charge is 0.493 e. The van der Waals surface area contributed by atoms with Crippen molar-refractivity contribution in [1.82, 2.24) is 4.31 Å². The monoisotopic (exact) mass is 509 g/mol. The lowest BCUT2D eigenvalue weighted by Crippen LogP contribution is -2.41. The summed E-state index contributed by atoms with van der Waals surface area (Å²) in [6.07, 6.45) is 0.709.